The Bertz CT molecular complexity index is 1550. The van der Waals surface area contributed by atoms with Crippen LogP contribution < -0.4 is 14.4 Å². The van der Waals surface area contributed by atoms with E-state index in [0.717, 1.165) is 40.5 Å². The van der Waals surface area contributed by atoms with Gasteiger partial charge >= 0.3 is 0 Å². The predicted molar refractivity (Wildman–Crippen MR) is 157 cm³/mol. The van der Waals surface area contributed by atoms with Gasteiger partial charge in [0.25, 0.3) is 0 Å². The molecule has 0 unspecified atom stereocenters. The molecule has 0 fully saturated rings. The van der Waals surface area contributed by atoms with Gasteiger partial charge in [-0.15, -0.1) is 0 Å². The van der Waals surface area contributed by atoms with Gasteiger partial charge in [-0.2, -0.15) is 0 Å². The Morgan fingerprint density at radius 1 is 0.658 bits per heavy atom. The number of nitrogens with zero attached hydrogens (tertiary/aromatic N) is 1. The predicted octanol–water partition coefficient (Wildman–Crippen LogP) is 10.7. The van der Waals surface area contributed by atoms with Gasteiger partial charge < -0.3 is 14.4 Å². The van der Waals surface area contributed by atoms with Gasteiger partial charge in [0, 0.05) is 22.5 Å². The zero-order chi connectivity index (χ0) is 26.8. The van der Waals surface area contributed by atoms with Crippen LogP contribution in [0.25, 0.3) is 0 Å². The van der Waals surface area contributed by atoms with Crippen LogP contribution in [0.1, 0.15) is 62.8 Å². The fourth-order valence-corrected chi connectivity index (χ4v) is 6.16. The summed E-state index contributed by atoms with van der Waals surface area (Å²) in [6, 6.07) is 25.0. The number of aryl methyl sites for hydroxylation is 2. The van der Waals surface area contributed by atoms with Crippen molar-refractivity contribution in [1.29, 1.82) is 0 Å². The number of rotatable bonds is 3. The van der Waals surface area contributed by atoms with Crippen molar-refractivity contribution < 1.29 is 9.47 Å². The highest BCUT2D eigenvalue weighted by Crippen LogP contribution is 2.51. The molecular formula is C34H34ClNO2. The summed E-state index contributed by atoms with van der Waals surface area (Å²) >= 11 is 6.61. The third-order valence-electron chi connectivity index (χ3n) is 8.17. The molecule has 0 radical (unpaired) electrons. The van der Waals surface area contributed by atoms with Crippen LogP contribution in [0, 0.1) is 13.8 Å². The average Bonchev–Trinajstić information content (AvgIpc) is 2.86. The largest absolute Gasteiger partial charge is 0.450 e. The lowest BCUT2D eigenvalue weighted by Gasteiger charge is -2.43. The molecule has 1 aliphatic carbocycles. The van der Waals surface area contributed by atoms with Crippen molar-refractivity contribution in [2.45, 2.75) is 65.2 Å². The van der Waals surface area contributed by atoms with Gasteiger partial charge in [0.05, 0.1) is 5.69 Å². The molecule has 0 saturated heterocycles. The standard InChI is InChI=1S/C34H34ClNO2/c1-21-15-23(35)18-25(16-21)36(24-11-12-31-32(19-24)38-30-10-8-7-9-29(30)37-31)28-20-27-26(17-22(28)2)33(3,4)13-14-34(27,5)6/h7-12,15-20H,13-14H2,1-6H3. The summed E-state index contributed by atoms with van der Waals surface area (Å²) in [6.45, 7) is 13.8. The highest BCUT2D eigenvalue weighted by atomic mass is 35.5. The Morgan fingerprint density at radius 2 is 1.26 bits per heavy atom. The van der Waals surface area contributed by atoms with E-state index in [9.17, 15) is 0 Å². The number of fused-ring (bicyclic) bond motifs is 3. The van der Waals surface area contributed by atoms with Gasteiger partial charge in [-0.3, -0.25) is 0 Å². The van der Waals surface area contributed by atoms with Crippen molar-refractivity contribution in [1.82, 2.24) is 0 Å². The number of ether oxygens (including phenoxy) is 2. The summed E-state index contributed by atoms with van der Waals surface area (Å²) in [6.07, 6.45) is 2.35. The molecule has 0 spiro atoms. The Morgan fingerprint density at radius 3 is 1.92 bits per heavy atom. The zero-order valence-electron chi connectivity index (χ0n) is 23.0. The molecule has 0 bridgehead atoms. The van der Waals surface area contributed by atoms with E-state index in [1.54, 1.807) is 0 Å². The third-order valence-corrected chi connectivity index (χ3v) is 8.39. The maximum absolute atomic E-state index is 6.61. The van der Waals surface area contributed by atoms with E-state index in [1.165, 1.54) is 23.1 Å². The second-order valence-corrected chi connectivity index (χ2v) is 12.5. The van der Waals surface area contributed by atoms with E-state index in [0.29, 0.717) is 16.5 Å². The quantitative estimate of drug-likeness (QED) is 0.235. The Kier molecular flexibility index (Phi) is 5.77. The van der Waals surface area contributed by atoms with Crippen LogP contribution in [0.4, 0.5) is 17.1 Å². The molecule has 0 saturated carbocycles. The summed E-state index contributed by atoms with van der Waals surface area (Å²) < 4.78 is 12.4. The monoisotopic (exact) mass is 523 g/mol. The first-order valence-corrected chi connectivity index (χ1v) is 13.7. The Hall–Kier alpha value is -3.43. The third kappa shape index (κ3) is 4.23. The average molecular weight is 524 g/mol. The van der Waals surface area contributed by atoms with E-state index < -0.39 is 0 Å². The lowest BCUT2D eigenvalue weighted by Crippen LogP contribution is -2.34. The minimum atomic E-state index is 0.0970. The molecule has 4 heteroatoms. The number of benzene rings is 4. The van der Waals surface area contributed by atoms with Crippen molar-refractivity contribution in [3.8, 4) is 23.0 Å². The smallest absolute Gasteiger partial charge is 0.172 e. The minimum absolute atomic E-state index is 0.0970. The van der Waals surface area contributed by atoms with Crippen LogP contribution >= 0.6 is 11.6 Å². The summed E-state index contributed by atoms with van der Waals surface area (Å²) in [7, 11) is 0. The van der Waals surface area contributed by atoms with Crippen molar-refractivity contribution in [3.05, 3.63) is 100 Å². The SMILES string of the molecule is Cc1cc(Cl)cc(N(c2ccc3c(c2)Oc2ccccc2O3)c2cc3c(cc2C)C(C)(C)CCC3(C)C)c1. The molecule has 0 atom stereocenters. The molecule has 2 aliphatic rings. The Balaban J connectivity index is 1.55. The maximum Gasteiger partial charge on any atom is 0.172 e. The maximum atomic E-state index is 6.61. The topological polar surface area (TPSA) is 21.7 Å². The fourth-order valence-electron chi connectivity index (χ4n) is 5.88. The molecule has 1 aliphatic heterocycles. The summed E-state index contributed by atoms with van der Waals surface area (Å²) in [5.74, 6) is 2.85. The van der Waals surface area contributed by atoms with Crippen LogP contribution in [-0.4, -0.2) is 0 Å². The fraction of sp³-hybridized carbons (Fsp3) is 0.294. The number of anilines is 3. The van der Waals surface area contributed by atoms with E-state index in [2.05, 4.69) is 76.8 Å². The molecule has 0 aromatic heterocycles. The van der Waals surface area contributed by atoms with E-state index >= 15 is 0 Å². The van der Waals surface area contributed by atoms with Crippen LogP contribution in [0.2, 0.25) is 5.02 Å². The lowest BCUT2D eigenvalue weighted by molar-refractivity contribution is 0.332. The normalized spacial score (nSPS) is 16.4. The molecular weight excluding hydrogens is 490 g/mol. The molecule has 3 nitrogen and oxygen atoms in total. The van der Waals surface area contributed by atoms with Gasteiger partial charge in [-0.1, -0.05) is 57.5 Å². The first-order chi connectivity index (χ1) is 18.0. The van der Waals surface area contributed by atoms with Crippen LogP contribution in [0.3, 0.4) is 0 Å². The second-order valence-electron chi connectivity index (χ2n) is 12.1. The summed E-state index contributed by atoms with van der Waals surface area (Å²) in [5, 5.41) is 0.716. The summed E-state index contributed by atoms with van der Waals surface area (Å²) in [5.41, 5.74) is 8.62. The zero-order valence-corrected chi connectivity index (χ0v) is 23.7. The van der Waals surface area contributed by atoms with Crippen molar-refractivity contribution in [2.75, 3.05) is 4.90 Å². The minimum Gasteiger partial charge on any atom is -0.450 e. The number of hydrogen-bond acceptors (Lipinski definition) is 3. The Labute approximate surface area is 231 Å². The van der Waals surface area contributed by atoms with Gasteiger partial charge in [0.15, 0.2) is 23.0 Å². The van der Waals surface area contributed by atoms with E-state index in [4.69, 9.17) is 21.1 Å². The molecule has 4 aromatic carbocycles. The van der Waals surface area contributed by atoms with Crippen LogP contribution in [-0.2, 0) is 10.8 Å². The van der Waals surface area contributed by atoms with Crippen molar-refractivity contribution >= 4 is 28.7 Å². The first-order valence-electron chi connectivity index (χ1n) is 13.3. The molecule has 38 heavy (non-hydrogen) atoms. The van der Waals surface area contributed by atoms with Crippen LogP contribution in [0.5, 0.6) is 23.0 Å². The molecule has 0 amide bonds. The van der Waals surface area contributed by atoms with Crippen molar-refractivity contribution in [3.63, 3.8) is 0 Å². The van der Waals surface area contributed by atoms with Gasteiger partial charge in [0.2, 0.25) is 0 Å². The molecule has 6 rings (SSSR count). The van der Waals surface area contributed by atoms with E-state index in [1.807, 2.05) is 42.5 Å². The van der Waals surface area contributed by atoms with Crippen LogP contribution in [0.15, 0.2) is 72.8 Å². The van der Waals surface area contributed by atoms with Crippen molar-refractivity contribution in [2.24, 2.45) is 0 Å². The molecule has 1 heterocycles. The lowest BCUT2D eigenvalue weighted by atomic mass is 9.63. The molecule has 4 aromatic rings. The number of para-hydroxylation sites is 2. The van der Waals surface area contributed by atoms with E-state index in [-0.39, 0.29) is 10.8 Å². The second kappa shape index (κ2) is 8.81. The highest BCUT2D eigenvalue weighted by molar-refractivity contribution is 6.31. The van der Waals surface area contributed by atoms with Gasteiger partial charge in [0.1, 0.15) is 0 Å². The first kappa shape index (κ1) is 24.9. The molecule has 194 valence electrons. The number of hydrogen-bond donors (Lipinski definition) is 0. The number of halogens is 1. The highest BCUT2D eigenvalue weighted by Gasteiger charge is 2.38. The van der Waals surface area contributed by atoms with Gasteiger partial charge in [-0.25, -0.2) is 0 Å². The molecule has 0 N–H and O–H groups in total. The summed E-state index contributed by atoms with van der Waals surface area (Å²) in [4.78, 5) is 2.30. The van der Waals surface area contributed by atoms with Gasteiger partial charge in [-0.05, 0) is 108 Å².